The van der Waals surface area contributed by atoms with Gasteiger partial charge in [-0.3, -0.25) is 0 Å². The second-order valence-corrected chi connectivity index (χ2v) is 3.39. The van der Waals surface area contributed by atoms with Crippen LogP contribution in [0.4, 0.5) is 0 Å². The Bertz CT molecular complexity index is 89.0. The average Bonchev–Trinajstić information content (AvgIpc) is 1.94. The number of ether oxygens (including phenoxy) is 1. The van der Waals surface area contributed by atoms with Crippen LogP contribution in [0.2, 0.25) is 0 Å². The molecule has 0 radical (unpaired) electrons. The van der Waals surface area contributed by atoms with Crippen LogP contribution in [0.25, 0.3) is 5.32 Å². The molecule has 0 unspecified atom stereocenters. The van der Waals surface area contributed by atoms with Gasteiger partial charge in [-0.1, -0.05) is 0 Å². The number of rotatable bonds is 0. The molecule has 0 N–H and O–H groups in total. The van der Waals surface area contributed by atoms with E-state index in [4.69, 9.17) is 4.74 Å². The molecule has 1 heterocycles. The minimum atomic E-state index is 0. The Kier molecular flexibility index (Phi) is 7.32. The zero-order valence-electron chi connectivity index (χ0n) is 5.09. The molecule has 1 rings (SSSR count). The Morgan fingerprint density at radius 3 is 3.11 bits per heavy atom. The Morgan fingerprint density at radius 2 is 2.33 bits per heavy atom. The van der Waals surface area contributed by atoms with Gasteiger partial charge >= 0.3 is 59.6 Å². The van der Waals surface area contributed by atoms with Crippen molar-refractivity contribution in [2.45, 2.75) is 12.8 Å². The van der Waals surface area contributed by atoms with E-state index in [9.17, 15) is 0 Å². The number of nitrogens with zero attached hydrogens (tertiary/aromatic N) is 1. The summed E-state index contributed by atoms with van der Waals surface area (Å²) in [6.45, 7) is 1.49. The van der Waals surface area contributed by atoms with E-state index in [1.807, 2.05) is 0 Å². The van der Waals surface area contributed by atoms with Crippen molar-refractivity contribution in [3.05, 3.63) is 5.32 Å². The van der Waals surface area contributed by atoms with Gasteiger partial charge in [-0.25, -0.2) is 0 Å². The van der Waals surface area contributed by atoms with Crippen molar-refractivity contribution in [3.63, 3.8) is 0 Å². The topological polar surface area (TPSA) is 23.3 Å². The van der Waals surface area contributed by atoms with Crippen molar-refractivity contribution in [1.29, 1.82) is 0 Å². The van der Waals surface area contributed by atoms with Crippen LogP contribution in [0.1, 0.15) is 12.8 Å². The summed E-state index contributed by atoms with van der Waals surface area (Å²) in [5.41, 5.74) is 0. The summed E-state index contributed by atoms with van der Waals surface area (Å²) in [5, 5.41) is 4.16. The number of hydrogen-bond acceptors (Lipinski definition) is 1. The Morgan fingerprint density at radius 1 is 1.56 bits per heavy atom. The molecule has 1 aliphatic rings. The molecule has 1 aliphatic heterocycles. The Labute approximate surface area is 89.9 Å². The molecule has 0 aromatic heterocycles. The fourth-order valence-corrected chi connectivity index (χ4v) is 1.29. The fraction of sp³-hybridized carbons (Fsp3) is 0.800. The third kappa shape index (κ3) is 4.87. The van der Waals surface area contributed by atoms with Crippen molar-refractivity contribution in [3.8, 4) is 0 Å². The third-order valence-electron chi connectivity index (χ3n) is 1.01. The monoisotopic (exact) mass is 520 g/mol. The van der Waals surface area contributed by atoms with E-state index >= 15 is 0 Å². The normalized spacial score (nSPS) is 20.2. The molecule has 0 aliphatic carbocycles. The Hall–Kier alpha value is 1.53. The van der Waals surface area contributed by atoms with Crippen LogP contribution >= 0.6 is 0 Å². The van der Waals surface area contributed by atoms with Crippen LogP contribution in [-0.2, 0) is 24.1 Å². The first kappa shape index (κ1) is 10.5. The molecule has 0 aromatic rings. The molecule has 1 fully saturated rings. The molecule has 0 aromatic carbocycles. The van der Waals surface area contributed by atoms with Crippen molar-refractivity contribution in [2.75, 3.05) is 13.3 Å². The van der Waals surface area contributed by atoms with Gasteiger partial charge in [-0.2, -0.15) is 0 Å². The quantitative estimate of drug-likeness (QED) is 0.464. The fourth-order valence-electron chi connectivity index (χ4n) is 0.587. The van der Waals surface area contributed by atoms with E-state index in [1.165, 1.54) is 23.4 Å². The van der Waals surface area contributed by atoms with Gasteiger partial charge in [-0.05, 0) is 0 Å². The molecule has 1 saturated heterocycles. The summed E-state index contributed by atoms with van der Waals surface area (Å²) >= 11 is 1.49. The summed E-state index contributed by atoms with van der Waals surface area (Å²) in [6.07, 6.45) is 2.30. The summed E-state index contributed by atoms with van der Waals surface area (Å²) < 4.78 is 6.40. The van der Waals surface area contributed by atoms with Gasteiger partial charge in [0.1, 0.15) is 0 Å². The molecule has 0 amide bonds. The molecule has 50 valence electrons. The van der Waals surface area contributed by atoms with Crippen LogP contribution in [0, 0.1) is 31.1 Å². The molecular weight excluding hydrogens is 512 g/mol. The standard InChI is InChI=1S/C5H8NO.U.W/c1-2-4-7-5-6-3-1;;/h1-2,4-5H2;;/q-1;;. The predicted octanol–water partition coefficient (Wildman–Crippen LogP) is 0.805. The molecule has 0 atom stereocenters. The van der Waals surface area contributed by atoms with E-state index in [2.05, 4.69) is 5.32 Å². The summed E-state index contributed by atoms with van der Waals surface area (Å²) in [5.74, 6) is 0. The first-order valence-electron chi connectivity index (χ1n) is 2.67. The maximum atomic E-state index is 5.09. The second kappa shape index (κ2) is 6.25. The zero-order valence-corrected chi connectivity index (χ0v) is 12.2. The van der Waals surface area contributed by atoms with Gasteiger partial charge in [0.05, 0.1) is 0 Å². The molecule has 4 heteroatoms. The first-order chi connectivity index (χ1) is 3.89. The summed E-state index contributed by atoms with van der Waals surface area (Å²) in [4.78, 5) is 0. The summed E-state index contributed by atoms with van der Waals surface area (Å²) in [7, 11) is 0. The van der Waals surface area contributed by atoms with Crippen molar-refractivity contribution >= 4 is 4.02 Å². The van der Waals surface area contributed by atoms with Crippen LogP contribution in [0.5, 0.6) is 0 Å². The van der Waals surface area contributed by atoms with E-state index in [1.54, 1.807) is 0 Å². The molecule has 0 saturated carbocycles. The van der Waals surface area contributed by atoms with Crippen LogP contribution in [0.15, 0.2) is 0 Å². The van der Waals surface area contributed by atoms with Gasteiger partial charge in [0.25, 0.3) is 0 Å². The minimum absolute atomic E-state index is 0. The van der Waals surface area contributed by atoms with Crippen molar-refractivity contribution in [1.82, 2.24) is 0 Å². The van der Waals surface area contributed by atoms with Crippen LogP contribution in [-0.4, -0.2) is 17.4 Å². The van der Waals surface area contributed by atoms with E-state index < -0.39 is 0 Å². The van der Waals surface area contributed by atoms with Crippen LogP contribution in [0.3, 0.4) is 0 Å². The third-order valence-corrected chi connectivity index (χ3v) is 2.21. The van der Waals surface area contributed by atoms with Gasteiger partial charge in [-0.15, -0.1) is 0 Å². The molecule has 2 nitrogen and oxygen atoms in total. The van der Waals surface area contributed by atoms with E-state index in [0.717, 1.165) is 19.4 Å². The average molecular weight is 520 g/mol. The molecule has 9 heavy (non-hydrogen) atoms. The molecule has 0 spiro atoms. The number of hydrogen-bond donors (Lipinski definition) is 0. The van der Waals surface area contributed by atoms with Crippen LogP contribution < -0.4 is 0 Å². The SMILES string of the molecule is [U].[W]=[C]1CCCOC[N-]1. The Balaban J connectivity index is 0.000000640. The van der Waals surface area contributed by atoms with Crippen molar-refractivity contribution in [2.24, 2.45) is 0 Å². The zero-order chi connectivity index (χ0) is 5.82. The molecular formula is C5H8NOUW-. The van der Waals surface area contributed by atoms with Gasteiger partial charge in [0.2, 0.25) is 0 Å². The van der Waals surface area contributed by atoms with E-state index in [0.29, 0.717) is 6.73 Å². The molecule has 0 bridgehead atoms. The first-order valence-corrected chi connectivity index (χ1v) is 4.14. The maximum absolute atomic E-state index is 5.09. The van der Waals surface area contributed by atoms with Gasteiger partial charge < -0.3 is 0 Å². The second-order valence-electron chi connectivity index (χ2n) is 1.69. The summed E-state index contributed by atoms with van der Waals surface area (Å²) in [6, 6.07) is 0. The van der Waals surface area contributed by atoms with Gasteiger partial charge in [0.15, 0.2) is 0 Å². The van der Waals surface area contributed by atoms with Crippen molar-refractivity contribution < 1.29 is 55.2 Å². The van der Waals surface area contributed by atoms with E-state index in [-0.39, 0.29) is 31.1 Å². The van der Waals surface area contributed by atoms with Gasteiger partial charge in [0, 0.05) is 31.1 Å². The predicted molar refractivity (Wildman–Crippen MR) is 28.4 cm³/mol.